The number of hydrogen-bond acceptors (Lipinski definition) is 4. The number of aromatic hydroxyl groups is 2. The van der Waals surface area contributed by atoms with Gasteiger partial charge in [-0.15, -0.1) is 0 Å². The molecule has 0 atom stereocenters. The molecule has 4 rings (SSSR count). The predicted molar refractivity (Wildman–Crippen MR) is 91.2 cm³/mol. The van der Waals surface area contributed by atoms with Crippen LogP contribution in [-0.2, 0) is 13.0 Å². The highest BCUT2D eigenvalue weighted by Gasteiger charge is 2.49. The van der Waals surface area contributed by atoms with Gasteiger partial charge in [-0.3, -0.25) is 9.69 Å². The maximum Gasteiger partial charge on any atom is 0.173 e. The predicted octanol–water partition coefficient (Wildman–Crippen LogP) is 3.12. The van der Waals surface area contributed by atoms with Gasteiger partial charge in [0.15, 0.2) is 5.78 Å². The molecule has 124 valence electrons. The molecule has 1 aliphatic heterocycles. The summed E-state index contributed by atoms with van der Waals surface area (Å²) in [6.45, 7) is 2.61. The first-order valence-corrected chi connectivity index (χ1v) is 8.44. The number of phenols is 2. The van der Waals surface area contributed by atoms with Gasteiger partial charge in [-0.2, -0.15) is 0 Å². The molecular formula is C20H21NO3. The summed E-state index contributed by atoms with van der Waals surface area (Å²) in [5, 5.41) is 20.1. The van der Waals surface area contributed by atoms with Gasteiger partial charge in [-0.25, -0.2) is 0 Å². The van der Waals surface area contributed by atoms with E-state index in [2.05, 4.69) is 17.0 Å². The number of Topliss-reactive ketones (excluding diaryl/α,β-unsaturated/α-hetero) is 1. The number of fused-ring (bicyclic) bond motifs is 1. The maximum absolute atomic E-state index is 12.9. The third-order valence-electron chi connectivity index (χ3n) is 5.55. The molecule has 1 aliphatic carbocycles. The van der Waals surface area contributed by atoms with Crippen LogP contribution in [0.5, 0.6) is 11.5 Å². The zero-order valence-corrected chi connectivity index (χ0v) is 13.5. The minimum absolute atomic E-state index is 0.00334. The molecule has 2 aliphatic rings. The molecule has 0 amide bonds. The minimum Gasteiger partial charge on any atom is -0.508 e. The first-order chi connectivity index (χ1) is 11.6. The van der Waals surface area contributed by atoms with Gasteiger partial charge in [0.1, 0.15) is 11.5 Å². The number of piperidine rings is 1. The smallest absolute Gasteiger partial charge is 0.173 e. The van der Waals surface area contributed by atoms with Crippen molar-refractivity contribution in [1.29, 1.82) is 0 Å². The van der Waals surface area contributed by atoms with Crippen LogP contribution in [0.2, 0.25) is 0 Å². The molecule has 2 aromatic carbocycles. The molecule has 1 spiro atoms. The lowest BCUT2D eigenvalue weighted by atomic mass is 9.75. The zero-order chi connectivity index (χ0) is 16.7. The summed E-state index contributed by atoms with van der Waals surface area (Å²) in [6, 6.07) is 13.2. The summed E-state index contributed by atoms with van der Waals surface area (Å²) in [7, 11) is 0. The van der Waals surface area contributed by atoms with E-state index in [1.807, 2.05) is 18.2 Å². The van der Waals surface area contributed by atoms with E-state index in [0.29, 0.717) is 17.5 Å². The number of carbonyl (C=O) groups is 1. The SMILES string of the molecule is O=C1c2c(O)ccc(O)c2CC12CCN(Cc1ccccc1)CC2. The van der Waals surface area contributed by atoms with Gasteiger partial charge in [0.05, 0.1) is 5.56 Å². The second kappa shape index (κ2) is 5.64. The third-order valence-corrected chi connectivity index (χ3v) is 5.55. The van der Waals surface area contributed by atoms with Gasteiger partial charge < -0.3 is 10.2 Å². The van der Waals surface area contributed by atoms with E-state index in [-0.39, 0.29) is 17.3 Å². The van der Waals surface area contributed by atoms with Gasteiger partial charge >= 0.3 is 0 Å². The molecule has 1 fully saturated rings. The van der Waals surface area contributed by atoms with Crippen molar-refractivity contribution in [3.05, 3.63) is 59.2 Å². The van der Waals surface area contributed by atoms with E-state index < -0.39 is 5.41 Å². The van der Waals surface area contributed by atoms with E-state index in [9.17, 15) is 15.0 Å². The Morgan fingerprint density at radius 2 is 1.62 bits per heavy atom. The van der Waals surface area contributed by atoms with E-state index in [1.165, 1.54) is 17.7 Å². The summed E-state index contributed by atoms with van der Waals surface area (Å²) >= 11 is 0. The third kappa shape index (κ3) is 2.38. The van der Waals surface area contributed by atoms with Crippen molar-refractivity contribution in [3.63, 3.8) is 0 Å². The number of carbonyl (C=O) groups excluding carboxylic acids is 1. The Morgan fingerprint density at radius 1 is 0.958 bits per heavy atom. The number of nitrogens with zero attached hydrogens (tertiary/aromatic N) is 1. The van der Waals surface area contributed by atoms with E-state index >= 15 is 0 Å². The van der Waals surface area contributed by atoms with E-state index in [0.717, 1.165) is 32.5 Å². The average molecular weight is 323 g/mol. The molecule has 0 bridgehead atoms. The summed E-state index contributed by atoms with van der Waals surface area (Å²) in [4.78, 5) is 15.3. The number of benzene rings is 2. The molecule has 0 unspecified atom stereocenters. The fraction of sp³-hybridized carbons (Fsp3) is 0.350. The molecule has 4 nitrogen and oxygen atoms in total. The Kier molecular flexibility index (Phi) is 3.57. The topological polar surface area (TPSA) is 60.8 Å². The van der Waals surface area contributed by atoms with Crippen molar-refractivity contribution in [1.82, 2.24) is 4.90 Å². The number of rotatable bonds is 2. The lowest BCUT2D eigenvalue weighted by molar-refractivity contribution is 0.0621. The highest BCUT2D eigenvalue weighted by Crippen LogP contribution is 2.49. The quantitative estimate of drug-likeness (QED) is 0.834. The van der Waals surface area contributed by atoms with Crippen LogP contribution >= 0.6 is 0 Å². The first kappa shape index (κ1) is 15.2. The monoisotopic (exact) mass is 323 g/mol. The van der Waals surface area contributed by atoms with Crippen molar-refractivity contribution >= 4 is 5.78 Å². The Labute approximate surface area is 141 Å². The van der Waals surface area contributed by atoms with Crippen LogP contribution < -0.4 is 0 Å². The van der Waals surface area contributed by atoms with Gasteiger partial charge in [0.2, 0.25) is 0 Å². The molecule has 1 saturated heterocycles. The van der Waals surface area contributed by atoms with Gasteiger partial charge in [-0.1, -0.05) is 30.3 Å². The molecule has 0 aromatic heterocycles. The fourth-order valence-electron chi connectivity index (χ4n) is 4.13. The van der Waals surface area contributed by atoms with Gasteiger partial charge in [0, 0.05) is 17.5 Å². The van der Waals surface area contributed by atoms with E-state index in [4.69, 9.17) is 0 Å². The standard InChI is InChI=1S/C20H21NO3/c22-16-6-7-17(23)18-15(16)12-20(19(18)24)8-10-21(11-9-20)13-14-4-2-1-3-5-14/h1-7,22-23H,8-13H2. The second-order valence-electron chi connectivity index (χ2n) is 7.01. The van der Waals surface area contributed by atoms with Crippen molar-refractivity contribution in [2.24, 2.45) is 5.41 Å². The lowest BCUT2D eigenvalue weighted by Gasteiger charge is -2.38. The molecule has 4 heteroatoms. The normalized spacial score (nSPS) is 19.6. The lowest BCUT2D eigenvalue weighted by Crippen LogP contribution is -2.42. The number of hydrogen-bond donors (Lipinski definition) is 2. The van der Waals surface area contributed by atoms with Gasteiger partial charge in [-0.05, 0) is 50.0 Å². The Balaban J connectivity index is 1.51. The highest BCUT2D eigenvalue weighted by atomic mass is 16.3. The average Bonchev–Trinajstić information content (AvgIpc) is 2.89. The van der Waals surface area contributed by atoms with Crippen molar-refractivity contribution in [2.45, 2.75) is 25.8 Å². The molecule has 0 radical (unpaired) electrons. The zero-order valence-electron chi connectivity index (χ0n) is 13.5. The molecule has 2 N–H and O–H groups in total. The van der Waals surface area contributed by atoms with Crippen molar-refractivity contribution < 1.29 is 15.0 Å². The fourth-order valence-corrected chi connectivity index (χ4v) is 4.13. The molecular weight excluding hydrogens is 302 g/mol. The molecule has 24 heavy (non-hydrogen) atoms. The van der Waals surface area contributed by atoms with Crippen LogP contribution in [-0.4, -0.2) is 34.0 Å². The molecule has 2 aromatic rings. The van der Waals surface area contributed by atoms with Crippen molar-refractivity contribution in [2.75, 3.05) is 13.1 Å². The Morgan fingerprint density at radius 3 is 2.29 bits per heavy atom. The van der Waals surface area contributed by atoms with Crippen LogP contribution in [0.1, 0.15) is 34.3 Å². The van der Waals surface area contributed by atoms with Crippen LogP contribution in [0.25, 0.3) is 0 Å². The number of likely N-dealkylation sites (tertiary alicyclic amines) is 1. The highest BCUT2D eigenvalue weighted by molar-refractivity contribution is 6.07. The Bertz CT molecular complexity index is 777. The second-order valence-corrected chi connectivity index (χ2v) is 7.01. The van der Waals surface area contributed by atoms with Crippen molar-refractivity contribution in [3.8, 4) is 11.5 Å². The summed E-state index contributed by atoms with van der Waals surface area (Å²) in [5.41, 5.74) is 1.79. The molecule has 0 saturated carbocycles. The van der Waals surface area contributed by atoms with Crippen LogP contribution in [0, 0.1) is 5.41 Å². The van der Waals surface area contributed by atoms with Gasteiger partial charge in [0.25, 0.3) is 0 Å². The number of ketones is 1. The molecule has 1 heterocycles. The first-order valence-electron chi connectivity index (χ1n) is 8.44. The summed E-state index contributed by atoms with van der Waals surface area (Å²) in [6.07, 6.45) is 2.08. The van der Waals surface area contributed by atoms with Crippen LogP contribution in [0.15, 0.2) is 42.5 Å². The summed E-state index contributed by atoms with van der Waals surface area (Å²) in [5.74, 6) is 0.126. The van der Waals surface area contributed by atoms with Crippen LogP contribution in [0.4, 0.5) is 0 Å². The van der Waals surface area contributed by atoms with Crippen LogP contribution in [0.3, 0.4) is 0 Å². The number of phenolic OH excluding ortho intramolecular Hbond substituents is 2. The maximum atomic E-state index is 12.9. The summed E-state index contributed by atoms with van der Waals surface area (Å²) < 4.78 is 0. The van der Waals surface area contributed by atoms with E-state index in [1.54, 1.807) is 0 Å². The largest absolute Gasteiger partial charge is 0.508 e. The minimum atomic E-state index is -0.453. The Hall–Kier alpha value is -2.33.